The summed E-state index contributed by atoms with van der Waals surface area (Å²) in [5.74, 6) is 5.20. The van der Waals surface area contributed by atoms with Crippen LogP contribution in [0, 0.1) is 0 Å². The van der Waals surface area contributed by atoms with Crippen molar-refractivity contribution in [3.63, 3.8) is 0 Å². The Balaban J connectivity index is 2.90. The molecule has 0 fully saturated rings. The molecule has 0 aromatic carbocycles. The van der Waals surface area contributed by atoms with Crippen LogP contribution in [0.1, 0.15) is 0 Å². The summed E-state index contributed by atoms with van der Waals surface area (Å²) in [5.41, 5.74) is 5.43. The number of pyridine rings is 1. The molecule has 1 aromatic heterocycles. The summed E-state index contributed by atoms with van der Waals surface area (Å²) in [7, 11) is 0. The fourth-order valence-electron chi connectivity index (χ4n) is 0.958. The smallest absolute Gasteiger partial charge is 0.396 e. The number of anilines is 2. The van der Waals surface area contributed by atoms with Gasteiger partial charge in [-0.1, -0.05) is 11.6 Å². The van der Waals surface area contributed by atoms with Crippen LogP contribution in [0.2, 0.25) is 5.15 Å². The number of hydrazine groups is 1. The Labute approximate surface area is 88.6 Å². The van der Waals surface area contributed by atoms with Crippen LogP contribution < -0.4 is 16.6 Å². The zero-order valence-electron chi connectivity index (χ0n) is 7.42. The van der Waals surface area contributed by atoms with E-state index in [0.29, 0.717) is 5.01 Å². The quantitative estimate of drug-likeness (QED) is 0.468. The van der Waals surface area contributed by atoms with Crippen LogP contribution in [-0.4, -0.2) is 17.7 Å². The monoisotopic (exact) mass is 240 g/mol. The van der Waals surface area contributed by atoms with Gasteiger partial charge in [-0.25, -0.2) is 10.8 Å². The van der Waals surface area contributed by atoms with Crippen LogP contribution in [0.5, 0.6) is 0 Å². The molecule has 4 nitrogen and oxygen atoms in total. The molecule has 84 valence electrons. The van der Waals surface area contributed by atoms with Gasteiger partial charge in [0.1, 0.15) is 11.7 Å². The summed E-state index contributed by atoms with van der Waals surface area (Å²) in [5, 5.41) is 0.500. The maximum Gasteiger partial charge on any atom is 0.407 e. The van der Waals surface area contributed by atoms with Gasteiger partial charge in [0.05, 0.1) is 17.6 Å². The molecule has 0 aliphatic heterocycles. The fraction of sp³-hybridized carbons (Fsp3) is 0.286. The number of hydrogen-bond acceptors (Lipinski definition) is 4. The van der Waals surface area contributed by atoms with E-state index in [1.807, 2.05) is 0 Å². The molecule has 15 heavy (non-hydrogen) atoms. The second-order valence-electron chi connectivity index (χ2n) is 2.81. The van der Waals surface area contributed by atoms with Crippen LogP contribution >= 0.6 is 11.6 Å². The van der Waals surface area contributed by atoms with Crippen molar-refractivity contribution in [1.82, 2.24) is 4.98 Å². The molecule has 0 unspecified atom stereocenters. The lowest BCUT2D eigenvalue weighted by molar-refractivity contribution is -0.119. The van der Waals surface area contributed by atoms with E-state index in [1.165, 1.54) is 6.07 Å². The summed E-state index contributed by atoms with van der Waals surface area (Å²) in [6.07, 6.45) is -3.26. The van der Waals surface area contributed by atoms with E-state index in [1.54, 1.807) is 0 Å². The van der Waals surface area contributed by atoms with Crippen LogP contribution in [0.4, 0.5) is 24.5 Å². The Hall–Kier alpha value is -1.21. The average Bonchev–Trinajstić information content (AvgIpc) is 2.06. The second kappa shape index (κ2) is 4.11. The van der Waals surface area contributed by atoms with Crippen molar-refractivity contribution in [1.29, 1.82) is 0 Å². The molecule has 0 saturated heterocycles. The highest BCUT2D eigenvalue weighted by molar-refractivity contribution is 6.29. The molecule has 0 saturated carbocycles. The molecule has 0 radical (unpaired) electrons. The van der Waals surface area contributed by atoms with Gasteiger partial charge in [-0.15, -0.1) is 0 Å². The van der Waals surface area contributed by atoms with Crippen molar-refractivity contribution in [2.75, 3.05) is 17.3 Å². The Kier molecular flexibility index (Phi) is 3.25. The van der Waals surface area contributed by atoms with Crippen LogP contribution in [0.3, 0.4) is 0 Å². The third-order valence-corrected chi connectivity index (χ3v) is 1.74. The third-order valence-electron chi connectivity index (χ3n) is 1.54. The van der Waals surface area contributed by atoms with E-state index in [-0.39, 0.29) is 16.5 Å². The van der Waals surface area contributed by atoms with Crippen molar-refractivity contribution in [2.45, 2.75) is 6.18 Å². The topological polar surface area (TPSA) is 68.2 Å². The molecule has 0 bridgehead atoms. The molecule has 0 amide bonds. The van der Waals surface area contributed by atoms with Crippen molar-refractivity contribution < 1.29 is 13.2 Å². The molecule has 0 spiro atoms. The first-order valence-electron chi connectivity index (χ1n) is 3.79. The Morgan fingerprint density at radius 2 is 2.07 bits per heavy atom. The lowest BCUT2D eigenvalue weighted by Crippen LogP contribution is -2.40. The zero-order chi connectivity index (χ0) is 11.6. The van der Waals surface area contributed by atoms with E-state index in [0.717, 1.165) is 6.20 Å². The molecule has 4 N–H and O–H groups in total. The van der Waals surface area contributed by atoms with Gasteiger partial charge in [0, 0.05) is 6.07 Å². The van der Waals surface area contributed by atoms with E-state index >= 15 is 0 Å². The Morgan fingerprint density at radius 3 is 2.60 bits per heavy atom. The molecule has 0 aliphatic rings. The normalized spacial score (nSPS) is 11.5. The average molecular weight is 241 g/mol. The standard InChI is InChI=1S/C7H8ClF3N4/c8-6-1-5(4(12)2-14-6)15(13)3-7(9,10)11/h1-2H,3,12-13H2. The van der Waals surface area contributed by atoms with Gasteiger partial charge in [-0.2, -0.15) is 13.2 Å². The van der Waals surface area contributed by atoms with Crippen LogP contribution in [0.15, 0.2) is 12.3 Å². The predicted octanol–water partition coefficient (Wildman–Crippen LogP) is 1.56. The molecule has 1 aromatic rings. The lowest BCUT2D eigenvalue weighted by Gasteiger charge is -2.21. The number of aromatic nitrogens is 1. The maximum atomic E-state index is 12.0. The van der Waals surface area contributed by atoms with E-state index in [9.17, 15) is 13.2 Å². The van der Waals surface area contributed by atoms with Crippen molar-refractivity contribution in [2.24, 2.45) is 5.84 Å². The highest BCUT2D eigenvalue weighted by Crippen LogP contribution is 2.25. The number of alkyl halides is 3. The van der Waals surface area contributed by atoms with Crippen molar-refractivity contribution in [3.05, 3.63) is 17.4 Å². The van der Waals surface area contributed by atoms with E-state index in [2.05, 4.69) is 4.98 Å². The third kappa shape index (κ3) is 3.45. The first-order chi connectivity index (χ1) is 6.79. The number of rotatable bonds is 2. The summed E-state index contributed by atoms with van der Waals surface area (Å²) in [4.78, 5) is 3.60. The molecule has 0 atom stereocenters. The summed E-state index contributed by atoms with van der Waals surface area (Å²) < 4.78 is 36.0. The van der Waals surface area contributed by atoms with Crippen molar-refractivity contribution >= 4 is 23.0 Å². The highest BCUT2D eigenvalue weighted by Gasteiger charge is 2.30. The second-order valence-corrected chi connectivity index (χ2v) is 3.20. The van der Waals surface area contributed by atoms with Gasteiger partial charge in [0.15, 0.2) is 0 Å². The first-order valence-corrected chi connectivity index (χ1v) is 4.17. The first kappa shape index (κ1) is 11.9. The molecular weight excluding hydrogens is 233 g/mol. The highest BCUT2D eigenvalue weighted by atomic mass is 35.5. The van der Waals surface area contributed by atoms with Crippen molar-refractivity contribution in [3.8, 4) is 0 Å². The van der Waals surface area contributed by atoms with Crippen LogP contribution in [0.25, 0.3) is 0 Å². The summed E-state index contributed by atoms with van der Waals surface area (Å²) >= 11 is 5.50. The van der Waals surface area contributed by atoms with Gasteiger partial charge in [-0.3, -0.25) is 5.01 Å². The SMILES string of the molecule is Nc1cnc(Cl)cc1N(N)CC(F)(F)F. The number of hydrogen-bond donors (Lipinski definition) is 2. The molecule has 1 rings (SSSR count). The molecule has 1 heterocycles. The molecule has 0 aliphatic carbocycles. The largest absolute Gasteiger partial charge is 0.407 e. The van der Waals surface area contributed by atoms with E-state index < -0.39 is 12.7 Å². The number of halogens is 4. The van der Waals surface area contributed by atoms with Gasteiger partial charge in [-0.05, 0) is 0 Å². The fourth-order valence-corrected chi connectivity index (χ4v) is 1.11. The number of nitrogen functional groups attached to an aromatic ring is 1. The molecule has 8 heteroatoms. The lowest BCUT2D eigenvalue weighted by atomic mass is 10.3. The summed E-state index contributed by atoms with van der Waals surface area (Å²) in [6.45, 7) is -1.31. The number of nitrogens with two attached hydrogens (primary N) is 2. The number of nitrogens with zero attached hydrogens (tertiary/aromatic N) is 2. The van der Waals surface area contributed by atoms with Crippen LogP contribution in [-0.2, 0) is 0 Å². The minimum absolute atomic E-state index is 0.00711. The Morgan fingerprint density at radius 1 is 1.47 bits per heavy atom. The van der Waals surface area contributed by atoms with Gasteiger partial charge >= 0.3 is 6.18 Å². The predicted molar refractivity (Wildman–Crippen MR) is 51.2 cm³/mol. The minimum atomic E-state index is -4.41. The Bertz CT molecular complexity index is 355. The van der Waals surface area contributed by atoms with E-state index in [4.69, 9.17) is 23.2 Å². The van der Waals surface area contributed by atoms with Gasteiger partial charge in [0.25, 0.3) is 0 Å². The minimum Gasteiger partial charge on any atom is -0.396 e. The maximum absolute atomic E-state index is 12.0. The van der Waals surface area contributed by atoms with Gasteiger partial charge in [0.2, 0.25) is 0 Å². The zero-order valence-corrected chi connectivity index (χ0v) is 8.18. The summed E-state index contributed by atoms with van der Waals surface area (Å²) in [6, 6.07) is 1.17. The molecular formula is C7H8ClF3N4. The van der Waals surface area contributed by atoms with Gasteiger partial charge < -0.3 is 5.73 Å².